The van der Waals surface area contributed by atoms with Crippen molar-refractivity contribution in [2.45, 2.75) is 46.0 Å². The van der Waals surface area contributed by atoms with Crippen molar-refractivity contribution >= 4 is 38.6 Å². The SMILES string of the molecule is CCCc1c(C(N)=O)cc(NCC)c(Cc2nccs2)c1N1CCCCS1(=O)=O. The van der Waals surface area contributed by atoms with Gasteiger partial charge in [-0.05, 0) is 37.8 Å². The average Bonchev–Trinajstić information content (AvgIpc) is 3.17. The fourth-order valence-electron chi connectivity index (χ4n) is 3.84. The number of aromatic nitrogens is 1. The van der Waals surface area contributed by atoms with E-state index in [1.807, 2.05) is 19.2 Å². The Hall–Kier alpha value is -2.13. The number of nitrogens with one attached hydrogen (secondary N) is 1. The number of hydrogen-bond donors (Lipinski definition) is 2. The second-order valence-electron chi connectivity index (χ2n) is 7.12. The van der Waals surface area contributed by atoms with E-state index in [1.54, 1.807) is 12.3 Å². The minimum atomic E-state index is -3.46. The number of carbonyl (C=O) groups excluding carboxylic acids is 1. The van der Waals surface area contributed by atoms with Crippen LogP contribution in [0.4, 0.5) is 11.4 Å². The second-order valence-corrected chi connectivity index (χ2v) is 10.1. The maximum Gasteiger partial charge on any atom is 0.249 e. The van der Waals surface area contributed by atoms with E-state index < -0.39 is 15.9 Å². The Labute approximate surface area is 176 Å². The number of sulfonamides is 1. The van der Waals surface area contributed by atoms with Crippen LogP contribution in [0, 0.1) is 0 Å². The Morgan fingerprint density at radius 1 is 1.31 bits per heavy atom. The third kappa shape index (κ3) is 4.56. The zero-order valence-corrected chi connectivity index (χ0v) is 18.5. The molecule has 0 unspecified atom stereocenters. The molecule has 2 aromatic rings. The molecular formula is C20H28N4O3S2. The number of carbonyl (C=O) groups is 1. The maximum absolute atomic E-state index is 13.0. The van der Waals surface area contributed by atoms with Gasteiger partial charge in [-0.2, -0.15) is 0 Å². The van der Waals surface area contributed by atoms with Crippen LogP contribution in [-0.2, 0) is 22.9 Å². The van der Waals surface area contributed by atoms with Gasteiger partial charge in [0.05, 0.1) is 16.4 Å². The Balaban J connectivity index is 2.33. The first-order chi connectivity index (χ1) is 13.9. The fourth-order valence-corrected chi connectivity index (χ4v) is 6.16. The van der Waals surface area contributed by atoms with E-state index in [-0.39, 0.29) is 5.75 Å². The van der Waals surface area contributed by atoms with E-state index in [0.717, 1.165) is 34.7 Å². The number of benzene rings is 1. The van der Waals surface area contributed by atoms with Gasteiger partial charge in [0.25, 0.3) is 0 Å². The third-order valence-corrected chi connectivity index (χ3v) is 7.67. The lowest BCUT2D eigenvalue weighted by Gasteiger charge is -2.33. The number of anilines is 2. The highest BCUT2D eigenvalue weighted by Gasteiger charge is 2.32. The van der Waals surface area contributed by atoms with Crippen LogP contribution in [0.15, 0.2) is 17.6 Å². The lowest BCUT2D eigenvalue weighted by Crippen LogP contribution is -2.39. The van der Waals surface area contributed by atoms with Gasteiger partial charge in [0, 0.05) is 47.9 Å². The van der Waals surface area contributed by atoms with Crippen molar-refractivity contribution in [3.8, 4) is 0 Å². The summed E-state index contributed by atoms with van der Waals surface area (Å²) < 4.78 is 27.6. The molecular weight excluding hydrogens is 408 g/mol. The molecule has 0 aliphatic carbocycles. The van der Waals surface area contributed by atoms with Crippen molar-refractivity contribution in [1.82, 2.24) is 4.98 Å². The van der Waals surface area contributed by atoms with Crippen LogP contribution in [0.1, 0.15) is 59.6 Å². The van der Waals surface area contributed by atoms with Crippen LogP contribution >= 0.6 is 11.3 Å². The molecule has 9 heteroatoms. The molecule has 2 heterocycles. The average molecular weight is 437 g/mol. The highest BCUT2D eigenvalue weighted by atomic mass is 32.2. The van der Waals surface area contributed by atoms with Gasteiger partial charge in [-0.3, -0.25) is 9.10 Å². The summed E-state index contributed by atoms with van der Waals surface area (Å²) in [7, 11) is -3.46. The standard InChI is InChI=1S/C20H28N4O3S2/c1-3-7-14-15(20(21)25)12-17(22-4-2)16(13-18-23-8-10-28-18)19(14)24-9-5-6-11-29(24,26)27/h8,10,12,22H,3-7,9,11,13H2,1-2H3,(H2,21,25). The highest BCUT2D eigenvalue weighted by molar-refractivity contribution is 7.92. The van der Waals surface area contributed by atoms with E-state index in [9.17, 15) is 13.2 Å². The summed E-state index contributed by atoms with van der Waals surface area (Å²) in [6.07, 6.45) is 5.04. The van der Waals surface area contributed by atoms with Crippen molar-refractivity contribution in [3.05, 3.63) is 39.3 Å². The molecule has 1 aromatic heterocycles. The Bertz CT molecular complexity index is 972. The van der Waals surface area contributed by atoms with Crippen LogP contribution in [0.5, 0.6) is 0 Å². The number of rotatable bonds is 8. The van der Waals surface area contributed by atoms with Crippen molar-refractivity contribution in [1.29, 1.82) is 0 Å². The van der Waals surface area contributed by atoms with Gasteiger partial charge in [0.1, 0.15) is 0 Å². The van der Waals surface area contributed by atoms with Gasteiger partial charge in [0.2, 0.25) is 15.9 Å². The minimum absolute atomic E-state index is 0.118. The monoisotopic (exact) mass is 436 g/mol. The van der Waals surface area contributed by atoms with Gasteiger partial charge in [-0.15, -0.1) is 11.3 Å². The molecule has 29 heavy (non-hydrogen) atoms. The van der Waals surface area contributed by atoms with Crippen molar-refractivity contribution in [3.63, 3.8) is 0 Å². The summed E-state index contributed by atoms with van der Waals surface area (Å²) in [4.78, 5) is 16.7. The van der Waals surface area contributed by atoms with E-state index in [2.05, 4.69) is 10.3 Å². The molecule has 0 radical (unpaired) electrons. The summed E-state index contributed by atoms with van der Waals surface area (Å²) >= 11 is 1.53. The summed E-state index contributed by atoms with van der Waals surface area (Å²) in [5, 5.41) is 6.11. The molecule has 0 saturated carbocycles. The largest absolute Gasteiger partial charge is 0.385 e. The smallest absolute Gasteiger partial charge is 0.249 e. The van der Waals surface area contributed by atoms with Crippen LogP contribution < -0.4 is 15.4 Å². The van der Waals surface area contributed by atoms with Crippen molar-refractivity contribution in [2.24, 2.45) is 5.73 Å². The fraction of sp³-hybridized carbons (Fsp3) is 0.500. The molecule has 3 N–H and O–H groups in total. The number of nitrogens with zero attached hydrogens (tertiary/aromatic N) is 2. The van der Waals surface area contributed by atoms with Crippen LogP contribution in [0.3, 0.4) is 0 Å². The van der Waals surface area contributed by atoms with Crippen molar-refractivity contribution in [2.75, 3.05) is 28.5 Å². The zero-order chi connectivity index (χ0) is 21.0. The number of thiazole rings is 1. The van der Waals surface area contributed by atoms with Gasteiger partial charge >= 0.3 is 0 Å². The number of primary amides is 1. The molecule has 0 bridgehead atoms. The molecule has 3 rings (SSSR count). The summed E-state index contributed by atoms with van der Waals surface area (Å²) in [5.41, 5.74) is 9.05. The predicted molar refractivity (Wildman–Crippen MR) is 118 cm³/mol. The topological polar surface area (TPSA) is 105 Å². The van der Waals surface area contributed by atoms with Crippen molar-refractivity contribution < 1.29 is 13.2 Å². The van der Waals surface area contributed by atoms with E-state index >= 15 is 0 Å². The third-order valence-electron chi connectivity index (χ3n) is 5.05. The molecule has 0 spiro atoms. The predicted octanol–water partition coefficient (Wildman–Crippen LogP) is 3.15. The molecule has 1 aliphatic heterocycles. The molecule has 1 aliphatic rings. The van der Waals surface area contributed by atoms with E-state index in [0.29, 0.717) is 43.6 Å². The zero-order valence-electron chi connectivity index (χ0n) is 16.9. The Morgan fingerprint density at radius 2 is 2.10 bits per heavy atom. The molecule has 7 nitrogen and oxygen atoms in total. The number of nitrogens with two attached hydrogens (primary N) is 1. The summed E-state index contributed by atoms with van der Waals surface area (Å²) in [6, 6.07) is 1.78. The first-order valence-corrected chi connectivity index (χ1v) is 12.5. The quantitative estimate of drug-likeness (QED) is 0.661. The molecule has 158 valence electrons. The summed E-state index contributed by atoms with van der Waals surface area (Å²) in [5.74, 6) is -0.420. The van der Waals surface area contributed by atoms with E-state index in [1.165, 1.54) is 15.6 Å². The van der Waals surface area contributed by atoms with Gasteiger partial charge in [-0.1, -0.05) is 13.3 Å². The minimum Gasteiger partial charge on any atom is -0.385 e. The van der Waals surface area contributed by atoms with Crippen LogP contribution in [0.25, 0.3) is 0 Å². The van der Waals surface area contributed by atoms with Crippen LogP contribution in [-0.4, -0.2) is 38.2 Å². The molecule has 0 atom stereocenters. The lowest BCUT2D eigenvalue weighted by molar-refractivity contribution is 0.0999. The van der Waals surface area contributed by atoms with Crippen LogP contribution in [0.2, 0.25) is 0 Å². The Kier molecular flexibility index (Phi) is 6.79. The molecule has 1 aromatic carbocycles. The lowest BCUT2D eigenvalue weighted by atomic mass is 9.93. The number of hydrogen-bond acceptors (Lipinski definition) is 6. The first-order valence-electron chi connectivity index (χ1n) is 10.00. The normalized spacial score (nSPS) is 16.0. The maximum atomic E-state index is 13.0. The molecule has 1 amide bonds. The first kappa shape index (κ1) is 21.6. The molecule has 1 fully saturated rings. The second kappa shape index (κ2) is 9.13. The van der Waals surface area contributed by atoms with Gasteiger partial charge in [0.15, 0.2) is 0 Å². The van der Waals surface area contributed by atoms with Gasteiger partial charge < -0.3 is 11.1 Å². The molecule has 1 saturated heterocycles. The highest BCUT2D eigenvalue weighted by Crippen LogP contribution is 2.40. The number of amides is 1. The van der Waals surface area contributed by atoms with Gasteiger partial charge in [-0.25, -0.2) is 13.4 Å². The van der Waals surface area contributed by atoms with E-state index in [4.69, 9.17) is 5.73 Å². The Morgan fingerprint density at radius 3 is 2.69 bits per heavy atom. The summed E-state index contributed by atoms with van der Waals surface area (Å²) in [6.45, 7) is 5.03.